The third kappa shape index (κ3) is 5.25. The van der Waals surface area contributed by atoms with Gasteiger partial charge in [0, 0.05) is 31.2 Å². The van der Waals surface area contributed by atoms with Gasteiger partial charge >= 0.3 is 6.09 Å². The molecule has 170 valence electrons. The van der Waals surface area contributed by atoms with E-state index in [1.54, 1.807) is 17.9 Å². The highest BCUT2D eigenvalue weighted by atomic mass is 35.5. The molecular weight excluding hydrogens is 426 g/mol. The molecule has 0 unspecified atom stereocenters. The monoisotopic (exact) mass is 455 g/mol. The highest BCUT2D eigenvalue weighted by Gasteiger charge is 2.20. The molecular formula is C25H30ClN3O3. The van der Waals surface area contributed by atoms with E-state index in [-0.39, 0.29) is 5.91 Å². The van der Waals surface area contributed by atoms with E-state index in [2.05, 4.69) is 41.9 Å². The second-order valence-electron chi connectivity index (χ2n) is 7.96. The first-order valence-corrected chi connectivity index (χ1v) is 11.3. The molecule has 32 heavy (non-hydrogen) atoms. The zero-order valence-corrected chi connectivity index (χ0v) is 20.0. The van der Waals surface area contributed by atoms with Gasteiger partial charge in [-0.15, -0.1) is 11.6 Å². The van der Waals surface area contributed by atoms with Crippen LogP contribution in [0.1, 0.15) is 37.5 Å². The van der Waals surface area contributed by atoms with Crippen molar-refractivity contribution < 1.29 is 14.3 Å². The molecule has 1 heterocycles. The van der Waals surface area contributed by atoms with Crippen LogP contribution in [-0.2, 0) is 11.3 Å². The molecule has 1 N–H and O–H groups in total. The summed E-state index contributed by atoms with van der Waals surface area (Å²) in [6.07, 6.45) is 1.51. The van der Waals surface area contributed by atoms with Crippen LogP contribution in [0.2, 0.25) is 0 Å². The van der Waals surface area contributed by atoms with E-state index in [1.807, 2.05) is 32.2 Å². The fourth-order valence-corrected chi connectivity index (χ4v) is 3.88. The highest BCUT2D eigenvalue weighted by molar-refractivity contribution is 6.32. The van der Waals surface area contributed by atoms with E-state index in [0.29, 0.717) is 31.1 Å². The third-order valence-electron chi connectivity index (χ3n) is 5.38. The summed E-state index contributed by atoms with van der Waals surface area (Å²) in [4.78, 5) is 26.5. The number of rotatable bonds is 7. The van der Waals surface area contributed by atoms with Crippen molar-refractivity contribution in [2.45, 2.75) is 46.5 Å². The minimum absolute atomic E-state index is 0.296. The standard InChI is InChI=1S/C25H30ClN3O3/c1-6-28(7-2)25(31)32-22-9-8-21-20(23(22)27-24(30)18(5)26)10-11-29(21)15-19-13-16(3)12-17(4)14-19/h8-14,18H,6-7,15H2,1-5H3,(H,27,30)/t18-/m0/s1. The average Bonchev–Trinajstić information content (AvgIpc) is 3.12. The number of benzene rings is 2. The molecule has 0 bridgehead atoms. The number of aryl methyl sites for hydroxylation is 2. The summed E-state index contributed by atoms with van der Waals surface area (Å²) in [6, 6.07) is 12.0. The van der Waals surface area contributed by atoms with Gasteiger partial charge in [0.2, 0.25) is 5.91 Å². The molecule has 0 aliphatic heterocycles. The fourth-order valence-electron chi connectivity index (χ4n) is 3.82. The van der Waals surface area contributed by atoms with E-state index >= 15 is 0 Å². The van der Waals surface area contributed by atoms with E-state index in [0.717, 1.165) is 10.9 Å². The summed E-state index contributed by atoms with van der Waals surface area (Å²) >= 11 is 5.99. The maximum atomic E-state index is 12.6. The van der Waals surface area contributed by atoms with Gasteiger partial charge in [0.1, 0.15) is 5.38 Å². The maximum absolute atomic E-state index is 12.6. The van der Waals surface area contributed by atoms with Crippen LogP contribution in [0.15, 0.2) is 42.6 Å². The van der Waals surface area contributed by atoms with Crippen LogP contribution in [-0.4, -0.2) is 39.9 Å². The molecule has 0 aliphatic rings. The zero-order valence-electron chi connectivity index (χ0n) is 19.2. The Kier molecular flexibility index (Phi) is 7.46. The van der Waals surface area contributed by atoms with Gasteiger partial charge in [0.25, 0.3) is 0 Å². The molecule has 0 radical (unpaired) electrons. The predicted molar refractivity (Wildman–Crippen MR) is 130 cm³/mol. The number of halogens is 1. The lowest BCUT2D eigenvalue weighted by Crippen LogP contribution is -2.33. The number of anilines is 1. The van der Waals surface area contributed by atoms with Gasteiger partial charge in [-0.25, -0.2) is 4.79 Å². The molecule has 0 saturated heterocycles. The van der Waals surface area contributed by atoms with Gasteiger partial charge < -0.3 is 19.5 Å². The second kappa shape index (κ2) is 10.1. The van der Waals surface area contributed by atoms with Crippen molar-refractivity contribution in [3.63, 3.8) is 0 Å². The molecule has 0 spiro atoms. The van der Waals surface area contributed by atoms with Crippen LogP contribution < -0.4 is 10.1 Å². The van der Waals surface area contributed by atoms with E-state index < -0.39 is 11.5 Å². The second-order valence-corrected chi connectivity index (χ2v) is 8.61. The number of nitrogens with zero attached hydrogens (tertiary/aromatic N) is 2. The summed E-state index contributed by atoms with van der Waals surface area (Å²) in [5.74, 6) is -0.0643. The molecule has 3 aromatic rings. The molecule has 0 saturated carbocycles. The number of carbonyl (C=O) groups excluding carboxylic acids is 2. The van der Waals surface area contributed by atoms with E-state index in [4.69, 9.17) is 16.3 Å². The lowest BCUT2D eigenvalue weighted by molar-refractivity contribution is -0.115. The number of fused-ring (bicyclic) bond motifs is 1. The fraction of sp³-hybridized carbons (Fsp3) is 0.360. The summed E-state index contributed by atoms with van der Waals surface area (Å²) in [5, 5.41) is 2.90. The van der Waals surface area contributed by atoms with E-state index in [9.17, 15) is 9.59 Å². The molecule has 1 atom stereocenters. The maximum Gasteiger partial charge on any atom is 0.415 e. The van der Waals surface area contributed by atoms with Gasteiger partial charge in [-0.05, 0) is 58.4 Å². The Bertz CT molecular complexity index is 1110. The Labute approximate surface area is 194 Å². The summed E-state index contributed by atoms with van der Waals surface area (Å²) in [7, 11) is 0. The van der Waals surface area contributed by atoms with Gasteiger partial charge in [-0.1, -0.05) is 29.3 Å². The van der Waals surface area contributed by atoms with E-state index in [1.165, 1.54) is 16.7 Å². The molecule has 2 amide bonds. The van der Waals surface area contributed by atoms with Crippen molar-refractivity contribution in [3.05, 3.63) is 59.3 Å². The quantitative estimate of drug-likeness (QED) is 0.464. The smallest absolute Gasteiger partial charge is 0.408 e. The van der Waals surface area contributed by atoms with Crippen LogP contribution in [0.5, 0.6) is 5.75 Å². The Hall–Kier alpha value is -2.99. The van der Waals surface area contributed by atoms with Crippen molar-refractivity contribution >= 4 is 40.2 Å². The molecule has 1 aromatic heterocycles. The Balaban J connectivity index is 2.03. The summed E-state index contributed by atoms with van der Waals surface area (Å²) in [5.41, 5.74) is 4.98. The Morgan fingerprint density at radius 2 is 1.75 bits per heavy atom. The first-order valence-electron chi connectivity index (χ1n) is 10.8. The summed E-state index contributed by atoms with van der Waals surface area (Å²) < 4.78 is 7.77. The average molecular weight is 456 g/mol. The minimum Gasteiger partial charge on any atom is -0.408 e. The van der Waals surface area contributed by atoms with Gasteiger partial charge in [-0.2, -0.15) is 0 Å². The number of ether oxygens (including phenoxy) is 1. The number of aromatic nitrogens is 1. The number of hydrogen-bond acceptors (Lipinski definition) is 3. The number of carbonyl (C=O) groups is 2. The van der Waals surface area contributed by atoms with Crippen LogP contribution in [0.25, 0.3) is 10.9 Å². The van der Waals surface area contributed by atoms with Crippen LogP contribution >= 0.6 is 11.6 Å². The van der Waals surface area contributed by atoms with Crippen LogP contribution in [0.3, 0.4) is 0 Å². The largest absolute Gasteiger partial charge is 0.415 e. The molecule has 0 aliphatic carbocycles. The van der Waals surface area contributed by atoms with Gasteiger partial charge in [0.15, 0.2) is 5.75 Å². The van der Waals surface area contributed by atoms with Gasteiger partial charge in [0.05, 0.1) is 11.2 Å². The molecule has 2 aromatic carbocycles. The minimum atomic E-state index is -0.728. The number of alkyl halides is 1. The first-order chi connectivity index (χ1) is 15.2. The van der Waals surface area contributed by atoms with Crippen molar-refractivity contribution in [2.24, 2.45) is 0 Å². The van der Waals surface area contributed by atoms with Crippen molar-refractivity contribution in [3.8, 4) is 5.75 Å². The normalized spacial score (nSPS) is 11.9. The lowest BCUT2D eigenvalue weighted by Gasteiger charge is -2.20. The lowest BCUT2D eigenvalue weighted by atomic mass is 10.1. The molecule has 7 heteroatoms. The molecule has 6 nitrogen and oxygen atoms in total. The van der Waals surface area contributed by atoms with Crippen LogP contribution in [0, 0.1) is 13.8 Å². The number of nitrogens with one attached hydrogen (secondary N) is 1. The van der Waals surface area contributed by atoms with Gasteiger partial charge in [-0.3, -0.25) is 4.79 Å². The predicted octanol–water partition coefficient (Wildman–Crippen LogP) is 5.71. The third-order valence-corrected chi connectivity index (χ3v) is 5.58. The van der Waals surface area contributed by atoms with Crippen molar-refractivity contribution in [1.82, 2.24) is 9.47 Å². The summed E-state index contributed by atoms with van der Waals surface area (Å²) in [6.45, 7) is 11.3. The molecule has 0 fully saturated rings. The first kappa shape index (κ1) is 23.7. The Morgan fingerprint density at radius 3 is 2.34 bits per heavy atom. The number of amides is 2. The zero-order chi connectivity index (χ0) is 23.4. The topological polar surface area (TPSA) is 63.6 Å². The van der Waals surface area contributed by atoms with Crippen LogP contribution in [0.4, 0.5) is 10.5 Å². The Morgan fingerprint density at radius 1 is 1.09 bits per heavy atom. The van der Waals surface area contributed by atoms with Crippen molar-refractivity contribution in [2.75, 3.05) is 18.4 Å². The molecule has 3 rings (SSSR count). The number of hydrogen-bond donors (Lipinski definition) is 1. The highest BCUT2D eigenvalue weighted by Crippen LogP contribution is 2.35. The SMILES string of the molecule is CCN(CC)C(=O)Oc1ccc2c(ccn2Cc2cc(C)cc(C)c2)c1NC(=O)[C@H](C)Cl. The van der Waals surface area contributed by atoms with Crippen molar-refractivity contribution in [1.29, 1.82) is 0 Å².